The van der Waals surface area contributed by atoms with E-state index in [0.29, 0.717) is 11.5 Å². The van der Waals surface area contributed by atoms with E-state index in [9.17, 15) is 0 Å². The average Bonchev–Trinajstić information content (AvgIpc) is 2.67. The number of rotatable bonds is 3. The molecule has 0 amide bonds. The van der Waals surface area contributed by atoms with Crippen molar-refractivity contribution >= 4 is 11.5 Å². The number of nitrogens with two attached hydrogens (primary N) is 1. The molecule has 2 rings (SSSR count). The number of hydrogen-bond donors (Lipinski definition) is 2. The van der Waals surface area contributed by atoms with E-state index in [0.717, 1.165) is 0 Å². The molecule has 0 saturated heterocycles. The zero-order valence-electron chi connectivity index (χ0n) is 6.79. The largest absolute Gasteiger partial charge is 0.394 e. The Balaban J connectivity index is 2.35. The van der Waals surface area contributed by atoms with E-state index in [4.69, 9.17) is 15.7 Å². The van der Waals surface area contributed by atoms with Gasteiger partial charge in [-0.1, -0.05) is 0 Å². The Hall–Kier alpha value is -1.76. The molecule has 0 saturated carbocycles. The third-order valence-corrected chi connectivity index (χ3v) is 1.56. The van der Waals surface area contributed by atoms with Crippen LogP contribution in [0, 0.1) is 0 Å². The molecule has 0 unspecified atom stereocenters. The van der Waals surface area contributed by atoms with Crippen LogP contribution in [0.2, 0.25) is 0 Å². The maximum Gasteiger partial charge on any atom is 0.200 e. The highest BCUT2D eigenvalue weighted by Gasteiger charge is 2.05. The highest BCUT2D eigenvalue weighted by atomic mass is 16.7. The molecule has 2 aromatic rings. The third kappa shape index (κ3) is 1.18. The molecule has 0 aliphatic heterocycles. The van der Waals surface area contributed by atoms with Crippen molar-refractivity contribution in [3.63, 3.8) is 0 Å². The van der Waals surface area contributed by atoms with Gasteiger partial charge >= 0.3 is 0 Å². The lowest BCUT2D eigenvalue weighted by Gasteiger charge is -2.03. The van der Waals surface area contributed by atoms with Gasteiger partial charge in [-0.05, 0) is 0 Å². The van der Waals surface area contributed by atoms with Gasteiger partial charge in [0.2, 0.25) is 5.65 Å². The zero-order valence-corrected chi connectivity index (χ0v) is 6.79. The van der Waals surface area contributed by atoms with Crippen molar-refractivity contribution in [1.29, 1.82) is 0 Å². The molecule has 0 spiro atoms. The lowest BCUT2D eigenvalue weighted by atomic mass is 10.7. The van der Waals surface area contributed by atoms with Crippen LogP contribution in [0.1, 0.15) is 0 Å². The summed E-state index contributed by atoms with van der Waals surface area (Å²) in [6.45, 7) is 0.146. The van der Waals surface area contributed by atoms with Crippen LogP contribution >= 0.6 is 0 Å². The molecule has 0 aliphatic carbocycles. The summed E-state index contributed by atoms with van der Waals surface area (Å²) in [4.78, 5) is 14.3. The number of aliphatic hydroxyl groups is 1. The van der Waals surface area contributed by atoms with Gasteiger partial charge in [-0.15, -0.1) is 4.85 Å². The van der Waals surface area contributed by atoms with E-state index in [1.807, 2.05) is 0 Å². The third-order valence-electron chi connectivity index (χ3n) is 1.56. The average molecular weight is 183 g/mol. The predicted molar refractivity (Wildman–Crippen MR) is 43.9 cm³/mol. The second-order valence-electron chi connectivity index (χ2n) is 2.40. The molecule has 13 heavy (non-hydrogen) atoms. The van der Waals surface area contributed by atoms with Gasteiger partial charge in [0.25, 0.3) is 0 Å². The molecular weight excluding hydrogens is 174 g/mol. The Morgan fingerprint density at radius 1 is 1.46 bits per heavy atom. The van der Waals surface area contributed by atoms with Crippen LogP contribution in [0.5, 0.6) is 0 Å². The van der Waals surface area contributed by atoms with Crippen LogP contribution in [-0.2, 0) is 0 Å². The molecule has 0 atom stereocenters. The Bertz CT molecular complexity index is 406. The minimum Gasteiger partial charge on any atom is -0.394 e. The maximum atomic E-state index is 8.53. The highest BCUT2D eigenvalue weighted by molar-refractivity contribution is 5.58. The Labute approximate surface area is 73.3 Å². The Morgan fingerprint density at radius 3 is 3.08 bits per heavy atom. The number of fused-ring (bicyclic) bond motifs is 1. The first-order chi connectivity index (χ1) is 6.33. The van der Waals surface area contributed by atoms with Gasteiger partial charge in [0, 0.05) is 0 Å². The molecule has 70 valence electrons. The quantitative estimate of drug-likeness (QED) is 0.606. The maximum absolute atomic E-state index is 8.53. The Morgan fingerprint density at radius 2 is 2.31 bits per heavy atom. The summed E-state index contributed by atoms with van der Waals surface area (Å²) < 4.78 is 1.55. The van der Waals surface area contributed by atoms with E-state index in [1.165, 1.54) is 17.5 Å². The second kappa shape index (κ2) is 2.94. The van der Waals surface area contributed by atoms with Crippen molar-refractivity contribution < 1.29 is 9.94 Å². The van der Waals surface area contributed by atoms with Crippen LogP contribution in [-0.4, -0.2) is 37.6 Å². The van der Waals surface area contributed by atoms with Crippen molar-refractivity contribution in [1.82, 2.24) is 19.3 Å². The smallest absolute Gasteiger partial charge is 0.200 e. The summed E-state index contributed by atoms with van der Waals surface area (Å²) >= 11 is 0. The highest BCUT2D eigenvalue weighted by Crippen LogP contribution is 2.06. The molecule has 0 bridgehead atoms. The molecule has 7 nitrogen and oxygen atoms in total. The summed E-state index contributed by atoms with van der Waals surface area (Å²) in [6.07, 6.45) is 2.96. The van der Waals surface area contributed by atoms with Crippen LogP contribution < -0.4 is 10.6 Å². The molecule has 0 fully saturated rings. The van der Waals surface area contributed by atoms with Gasteiger partial charge in [-0.3, -0.25) is 0 Å². The monoisotopic (exact) mass is 183 g/mol. The first-order valence-electron chi connectivity index (χ1n) is 3.73. The summed E-state index contributed by atoms with van der Waals surface area (Å²) in [7, 11) is 0. The number of aliphatic hydroxyl groups excluding tert-OH is 1. The van der Waals surface area contributed by atoms with E-state index >= 15 is 0 Å². The minimum atomic E-state index is -0.0517. The van der Waals surface area contributed by atoms with Crippen molar-refractivity contribution in [3.05, 3.63) is 12.7 Å². The summed E-state index contributed by atoms with van der Waals surface area (Å²) in [6, 6.07) is 0. The van der Waals surface area contributed by atoms with Crippen LogP contribution in [0.4, 0.5) is 5.82 Å². The fraction of sp³-hybridized carbons (Fsp3) is 0.333. The number of anilines is 1. The van der Waals surface area contributed by atoms with Gasteiger partial charge in [0.05, 0.1) is 6.61 Å². The summed E-state index contributed by atoms with van der Waals surface area (Å²) in [5, 5.41) is 8.53. The molecule has 2 aromatic heterocycles. The van der Waals surface area contributed by atoms with Gasteiger partial charge in [0.15, 0.2) is 12.1 Å². The van der Waals surface area contributed by atoms with Crippen molar-refractivity contribution in [2.75, 3.05) is 18.9 Å². The molecular formula is C6H9N5O2. The molecule has 7 heteroatoms. The van der Waals surface area contributed by atoms with Crippen molar-refractivity contribution in [2.24, 2.45) is 0 Å². The van der Waals surface area contributed by atoms with Crippen molar-refractivity contribution in [3.8, 4) is 0 Å². The number of imidazole rings is 1. The SMILES string of the molecule is Nc1ncn2c1ncn2OCCO. The zero-order chi connectivity index (χ0) is 9.26. The van der Waals surface area contributed by atoms with Gasteiger partial charge < -0.3 is 15.7 Å². The number of nitrogen functional groups attached to an aromatic ring is 1. The van der Waals surface area contributed by atoms with E-state index in [-0.39, 0.29) is 13.2 Å². The fourth-order valence-corrected chi connectivity index (χ4v) is 1.01. The van der Waals surface area contributed by atoms with Gasteiger partial charge in [-0.25, -0.2) is 9.97 Å². The lowest BCUT2D eigenvalue weighted by Crippen LogP contribution is -2.18. The van der Waals surface area contributed by atoms with Gasteiger partial charge in [0.1, 0.15) is 12.9 Å². The van der Waals surface area contributed by atoms with Crippen molar-refractivity contribution in [2.45, 2.75) is 0 Å². The number of aromatic nitrogens is 4. The van der Waals surface area contributed by atoms with Crippen LogP contribution in [0.25, 0.3) is 5.65 Å². The van der Waals surface area contributed by atoms with E-state index < -0.39 is 0 Å². The summed E-state index contributed by atoms with van der Waals surface area (Å²) in [5.41, 5.74) is 6.05. The molecule has 0 aromatic carbocycles. The minimum absolute atomic E-state index is 0.0517. The van der Waals surface area contributed by atoms with E-state index in [1.54, 1.807) is 4.52 Å². The fourth-order valence-electron chi connectivity index (χ4n) is 1.01. The van der Waals surface area contributed by atoms with Crippen LogP contribution in [0.3, 0.4) is 0 Å². The molecule has 0 aliphatic rings. The lowest BCUT2D eigenvalue weighted by molar-refractivity contribution is 0.0466. The van der Waals surface area contributed by atoms with Crippen LogP contribution in [0.15, 0.2) is 12.7 Å². The first kappa shape index (κ1) is 7.87. The summed E-state index contributed by atoms with van der Waals surface area (Å²) in [5.74, 6) is 0.353. The Kier molecular flexibility index (Phi) is 1.78. The molecule has 3 N–H and O–H groups in total. The topological polar surface area (TPSA) is 90.6 Å². The molecule has 0 radical (unpaired) electrons. The number of hydrogen-bond acceptors (Lipinski definition) is 5. The first-order valence-corrected chi connectivity index (χ1v) is 3.73. The number of nitrogens with zero attached hydrogens (tertiary/aromatic N) is 4. The second-order valence-corrected chi connectivity index (χ2v) is 2.40. The standard InChI is InChI=1S/C6H9N5O2/c7-5-6-9-4-11(13-2-1-12)10(6)3-8-5/h3-4,12H,1-2,7H2. The predicted octanol–water partition coefficient (Wildman–Crippen LogP) is -1.47. The van der Waals surface area contributed by atoms with Gasteiger partial charge in [-0.2, -0.15) is 4.52 Å². The molecule has 2 heterocycles. The normalized spacial score (nSPS) is 10.8. The van der Waals surface area contributed by atoms with E-state index in [2.05, 4.69) is 9.97 Å².